The van der Waals surface area contributed by atoms with E-state index in [4.69, 9.17) is 4.74 Å². The van der Waals surface area contributed by atoms with Gasteiger partial charge in [-0.25, -0.2) is 0 Å². The third kappa shape index (κ3) is 3.17. The molecule has 1 rings (SSSR count). The van der Waals surface area contributed by atoms with Gasteiger partial charge < -0.3 is 0 Å². The van der Waals surface area contributed by atoms with E-state index in [9.17, 15) is 4.79 Å². The average molecular weight is 257 g/mol. The zero-order chi connectivity index (χ0) is 10.6. The Labute approximate surface area is 90.8 Å². The van der Waals surface area contributed by atoms with Crippen LogP contribution in [0.2, 0.25) is 4.82 Å². The normalized spacial score (nSPS) is 10.3. The fourth-order valence-electron chi connectivity index (χ4n) is 1.01. The predicted octanol–water partition coefficient (Wildman–Crippen LogP) is 2.37. The van der Waals surface area contributed by atoms with Crippen LogP contribution < -0.4 is 4.74 Å². The Hall–Kier alpha value is -0.791. The van der Waals surface area contributed by atoms with Crippen molar-refractivity contribution >= 4 is 19.6 Å². The summed E-state index contributed by atoms with van der Waals surface area (Å²) in [6, 6.07) is 7.30. The summed E-state index contributed by atoms with van der Waals surface area (Å²) in [4.78, 5) is 12.1. The van der Waals surface area contributed by atoms with Crippen molar-refractivity contribution in [2.75, 3.05) is 7.11 Å². The van der Waals surface area contributed by atoms with Crippen LogP contribution in [0.25, 0.3) is 0 Å². The summed E-state index contributed by atoms with van der Waals surface area (Å²) >= 11 is 0.0502. The fourth-order valence-corrected chi connectivity index (χ4v) is 2.48. The molecule has 0 aliphatic heterocycles. The summed E-state index contributed by atoms with van der Waals surface area (Å²) in [5, 5.41) is 0. The van der Waals surface area contributed by atoms with Gasteiger partial charge in [-0.1, -0.05) is 0 Å². The van der Waals surface area contributed by atoms with Crippen molar-refractivity contribution < 1.29 is 9.53 Å². The summed E-state index contributed by atoms with van der Waals surface area (Å²) < 4.78 is 5.28. The van der Waals surface area contributed by atoms with Crippen molar-refractivity contribution in [3.05, 3.63) is 29.8 Å². The van der Waals surface area contributed by atoms with Crippen molar-refractivity contribution in [1.29, 1.82) is 0 Å². The Balaban J connectivity index is 2.71. The van der Waals surface area contributed by atoms with E-state index in [1.54, 1.807) is 7.11 Å². The number of hydrogen-bond donors (Lipinski definition) is 0. The molecule has 14 heavy (non-hydrogen) atoms. The van der Waals surface area contributed by atoms with Crippen LogP contribution in [-0.2, 0) is 0 Å². The number of hydrogen-bond acceptors (Lipinski definition) is 2. The molecule has 0 atom stereocenters. The molecule has 0 bridgehead atoms. The van der Waals surface area contributed by atoms with Crippen LogP contribution >= 0.6 is 0 Å². The van der Waals surface area contributed by atoms with Gasteiger partial charge in [-0.3, -0.25) is 0 Å². The van der Waals surface area contributed by atoms with Crippen molar-refractivity contribution in [2.24, 2.45) is 0 Å². The van der Waals surface area contributed by atoms with Gasteiger partial charge in [0.25, 0.3) is 0 Å². The third-order valence-electron chi connectivity index (χ3n) is 1.67. The molecule has 76 valence electrons. The Morgan fingerprint density at radius 1 is 1.29 bits per heavy atom. The van der Waals surface area contributed by atoms with Gasteiger partial charge >= 0.3 is 90.5 Å². The number of methoxy groups -OCH3 is 1. The molecule has 0 aromatic heterocycles. The van der Waals surface area contributed by atoms with Gasteiger partial charge in [0.1, 0.15) is 0 Å². The van der Waals surface area contributed by atoms with E-state index < -0.39 is 0 Å². The molecule has 0 unspecified atom stereocenters. The zero-order valence-corrected chi connectivity index (χ0v) is 10.3. The first-order chi connectivity index (χ1) is 6.63. The van der Waals surface area contributed by atoms with Crippen molar-refractivity contribution in [3.63, 3.8) is 0 Å². The van der Waals surface area contributed by atoms with Crippen LogP contribution in [0, 0.1) is 0 Å². The molecule has 1 aromatic rings. The number of carbonyl (C=O) groups is 1. The second-order valence-electron chi connectivity index (χ2n) is 3.18. The molecule has 3 heteroatoms. The Kier molecular flexibility index (Phi) is 4.18. The van der Waals surface area contributed by atoms with E-state index in [-0.39, 0.29) is 19.6 Å². The van der Waals surface area contributed by atoms with E-state index >= 15 is 0 Å². The van der Waals surface area contributed by atoms with Gasteiger partial charge in [-0.15, -0.1) is 0 Å². The second kappa shape index (κ2) is 5.18. The van der Waals surface area contributed by atoms with Crippen LogP contribution in [0.5, 0.6) is 5.75 Å². The number of ether oxygens (including phenoxy) is 1. The maximum absolute atomic E-state index is 11.6. The molecule has 0 radical (unpaired) electrons. The van der Waals surface area contributed by atoms with Gasteiger partial charge in [0, 0.05) is 0 Å². The average Bonchev–Trinajstić information content (AvgIpc) is 2.17. The molecule has 0 heterocycles. The van der Waals surface area contributed by atoms with E-state index in [0.29, 0.717) is 4.82 Å². The van der Waals surface area contributed by atoms with Crippen molar-refractivity contribution in [2.45, 2.75) is 18.7 Å². The summed E-state index contributed by atoms with van der Waals surface area (Å²) in [5.74, 6) is 0.790. The Morgan fingerprint density at radius 3 is 2.29 bits per heavy atom. The first kappa shape index (κ1) is 11.3. The van der Waals surface area contributed by atoms with Crippen LogP contribution in [0.4, 0.5) is 0 Å². The van der Waals surface area contributed by atoms with Crippen LogP contribution in [0.15, 0.2) is 24.3 Å². The number of carbonyl (C=O) groups excluding carboxylic acids is 1. The minimum absolute atomic E-state index is 0.0502. The molecule has 0 spiro atoms. The molecule has 2 nitrogen and oxygen atoms in total. The molecule has 0 saturated heterocycles. The van der Waals surface area contributed by atoms with Gasteiger partial charge in [0.05, 0.1) is 0 Å². The predicted molar refractivity (Wildman–Crippen MR) is 58.2 cm³/mol. The maximum atomic E-state index is 11.6. The standard InChI is InChI=1S/C11H14O2Se/c1-8(2)14-11(12)9-4-6-10(13-3)7-5-9/h4-8H,1-3H3. The van der Waals surface area contributed by atoms with Crippen LogP contribution in [-0.4, -0.2) is 26.7 Å². The Morgan fingerprint density at radius 2 is 1.86 bits per heavy atom. The van der Waals surface area contributed by atoms with Crippen molar-refractivity contribution in [1.82, 2.24) is 0 Å². The Bertz CT molecular complexity index is 304. The fraction of sp³-hybridized carbons (Fsp3) is 0.364. The molecule has 0 saturated carbocycles. The molecule has 0 amide bonds. The van der Waals surface area contributed by atoms with Crippen molar-refractivity contribution in [3.8, 4) is 5.75 Å². The van der Waals surface area contributed by atoms with E-state index in [1.165, 1.54) is 0 Å². The minimum atomic E-state index is 0.0502. The summed E-state index contributed by atoms with van der Waals surface area (Å²) in [6.07, 6.45) is 0. The number of rotatable bonds is 4. The zero-order valence-electron chi connectivity index (χ0n) is 8.61. The molecule has 0 fully saturated rings. The molecule has 0 aliphatic carbocycles. The third-order valence-corrected chi connectivity index (χ3v) is 3.60. The molecule has 1 aromatic carbocycles. The summed E-state index contributed by atoms with van der Waals surface area (Å²) in [5.41, 5.74) is 0.791. The second-order valence-corrected chi connectivity index (χ2v) is 6.43. The molecular weight excluding hydrogens is 243 g/mol. The van der Waals surface area contributed by atoms with Gasteiger partial charge in [0.2, 0.25) is 0 Å². The van der Waals surface area contributed by atoms with Crippen LogP contribution in [0.3, 0.4) is 0 Å². The van der Waals surface area contributed by atoms with E-state index in [2.05, 4.69) is 13.8 Å². The quantitative estimate of drug-likeness (QED) is 0.774. The van der Waals surface area contributed by atoms with E-state index in [0.717, 1.165) is 11.3 Å². The molecular formula is C11H14O2Se. The topological polar surface area (TPSA) is 26.3 Å². The van der Waals surface area contributed by atoms with E-state index in [1.807, 2.05) is 24.3 Å². The van der Waals surface area contributed by atoms with Crippen LogP contribution in [0.1, 0.15) is 24.2 Å². The summed E-state index contributed by atoms with van der Waals surface area (Å²) in [7, 11) is 1.62. The monoisotopic (exact) mass is 258 g/mol. The first-order valence-corrected chi connectivity index (χ1v) is 6.33. The van der Waals surface area contributed by atoms with Gasteiger partial charge in [0.15, 0.2) is 0 Å². The molecule has 0 aliphatic rings. The van der Waals surface area contributed by atoms with Gasteiger partial charge in [-0.05, 0) is 0 Å². The SMILES string of the molecule is COc1ccc(C(=O)[Se]C(C)C)cc1. The molecule has 0 N–H and O–H groups in total. The number of benzene rings is 1. The van der Waals surface area contributed by atoms with Gasteiger partial charge in [-0.2, -0.15) is 0 Å². The first-order valence-electron chi connectivity index (χ1n) is 4.48. The summed E-state index contributed by atoms with van der Waals surface area (Å²) in [6.45, 7) is 4.14.